The van der Waals surface area contributed by atoms with Gasteiger partial charge in [0.2, 0.25) is 0 Å². The van der Waals surface area contributed by atoms with Crippen molar-refractivity contribution in [1.82, 2.24) is 4.57 Å². The largest absolute Gasteiger partial charge is 0.310 e. The lowest BCUT2D eigenvalue weighted by molar-refractivity contribution is 0.0987. The van der Waals surface area contributed by atoms with Gasteiger partial charge >= 0.3 is 0 Å². The second-order valence-electron chi connectivity index (χ2n) is 6.70. The number of hydrogen-bond acceptors (Lipinski definition) is 2. The minimum atomic E-state index is -0.116. The van der Waals surface area contributed by atoms with Crippen LogP contribution in [0.3, 0.4) is 0 Å². The number of anilines is 1. The molecule has 0 N–H and O–H groups in total. The fraction of sp³-hybridized carbons (Fsp3) is 0.217. The second kappa shape index (κ2) is 8.04. The first kappa shape index (κ1) is 18.6. The van der Waals surface area contributed by atoms with Crippen LogP contribution in [0.5, 0.6) is 0 Å². The van der Waals surface area contributed by atoms with Crippen LogP contribution in [0.2, 0.25) is 0 Å². The Morgan fingerprint density at radius 1 is 1.00 bits per heavy atom. The van der Waals surface area contributed by atoms with Crippen LogP contribution in [0.15, 0.2) is 71.7 Å². The van der Waals surface area contributed by atoms with Crippen molar-refractivity contribution in [2.24, 2.45) is 0 Å². The van der Waals surface area contributed by atoms with Crippen molar-refractivity contribution < 1.29 is 4.79 Å². The van der Waals surface area contributed by atoms with E-state index in [0.29, 0.717) is 18.7 Å². The molecule has 138 valence electrons. The van der Waals surface area contributed by atoms with Crippen molar-refractivity contribution in [3.8, 4) is 0 Å². The zero-order chi connectivity index (χ0) is 19.4. The van der Waals surface area contributed by atoms with Crippen LogP contribution >= 0.6 is 0 Å². The molecule has 0 saturated carbocycles. The first-order valence-electron chi connectivity index (χ1n) is 9.13. The Morgan fingerprint density at radius 3 is 2.44 bits per heavy atom. The number of para-hydroxylation sites is 1. The van der Waals surface area contributed by atoms with E-state index in [0.717, 1.165) is 22.4 Å². The molecule has 0 aliphatic heterocycles. The molecular formula is C23H24N2O2. The summed E-state index contributed by atoms with van der Waals surface area (Å²) in [5.74, 6) is -0.113. The lowest BCUT2D eigenvalue weighted by atomic mass is 10.1. The maximum atomic E-state index is 13.0. The predicted octanol–water partition coefficient (Wildman–Crippen LogP) is 4.18. The molecule has 1 amide bonds. The van der Waals surface area contributed by atoms with Crippen molar-refractivity contribution in [3.05, 3.63) is 99.5 Å². The highest BCUT2D eigenvalue weighted by molar-refractivity contribution is 6.05. The number of amides is 1. The second-order valence-corrected chi connectivity index (χ2v) is 6.70. The molecule has 0 spiro atoms. The molecule has 0 aliphatic carbocycles. The van der Waals surface area contributed by atoms with Gasteiger partial charge in [0.15, 0.2) is 0 Å². The van der Waals surface area contributed by atoms with Gasteiger partial charge in [-0.25, -0.2) is 0 Å². The average Bonchev–Trinajstić information content (AvgIpc) is 2.67. The van der Waals surface area contributed by atoms with E-state index in [-0.39, 0.29) is 11.5 Å². The van der Waals surface area contributed by atoms with Gasteiger partial charge in [-0.15, -0.1) is 0 Å². The zero-order valence-electron chi connectivity index (χ0n) is 16.0. The summed E-state index contributed by atoms with van der Waals surface area (Å²) in [6, 6.07) is 18.8. The Hall–Kier alpha value is -3.14. The molecule has 0 saturated heterocycles. The SMILES string of the molecule is CCN(C(=O)c1ccc(=O)n(Cc2cc(C)ccc2C)c1)c1ccccc1. The maximum absolute atomic E-state index is 13.0. The van der Waals surface area contributed by atoms with Crippen molar-refractivity contribution in [2.45, 2.75) is 27.3 Å². The van der Waals surface area contributed by atoms with Gasteiger partial charge in [0.1, 0.15) is 0 Å². The Kier molecular flexibility index (Phi) is 5.55. The molecule has 3 rings (SSSR count). The first-order valence-corrected chi connectivity index (χ1v) is 9.13. The Bertz CT molecular complexity index is 1010. The molecule has 1 aromatic heterocycles. The van der Waals surface area contributed by atoms with Gasteiger partial charge in [-0.05, 0) is 50.1 Å². The van der Waals surface area contributed by atoms with Gasteiger partial charge in [0.05, 0.1) is 12.1 Å². The number of nitrogens with zero attached hydrogens (tertiary/aromatic N) is 2. The molecule has 0 bridgehead atoms. The Morgan fingerprint density at radius 2 is 1.74 bits per heavy atom. The van der Waals surface area contributed by atoms with Crippen LogP contribution in [0, 0.1) is 13.8 Å². The van der Waals surface area contributed by atoms with Gasteiger partial charge in [-0.2, -0.15) is 0 Å². The van der Waals surface area contributed by atoms with Crippen LogP contribution in [-0.2, 0) is 6.54 Å². The number of carbonyl (C=O) groups is 1. The van der Waals surface area contributed by atoms with Crippen molar-refractivity contribution in [3.63, 3.8) is 0 Å². The van der Waals surface area contributed by atoms with E-state index in [4.69, 9.17) is 0 Å². The fourth-order valence-electron chi connectivity index (χ4n) is 3.14. The van der Waals surface area contributed by atoms with Crippen molar-refractivity contribution in [1.29, 1.82) is 0 Å². The number of aromatic nitrogens is 1. The molecule has 2 aromatic carbocycles. The van der Waals surface area contributed by atoms with E-state index in [2.05, 4.69) is 18.2 Å². The minimum absolute atomic E-state index is 0.113. The van der Waals surface area contributed by atoms with Crippen LogP contribution < -0.4 is 10.5 Å². The van der Waals surface area contributed by atoms with Crippen LogP contribution in [0.4, 0.5) is 5.69 Å². The first-order chi connectivity index (χ1) is 13.0. The third-order valence-electron chi connectivity index (χ3n) is 4.70. The lowest BCUT2D eigenvalue weighted by Crippen LogP contribution is -2.32. The molecule has 1 heterocycles. The van der Waals surface area contributed by atoms with Crippen LogP contribution in [0.25, 0.3) is 0 Å². The quantitative estimate of drug-likeness (QED) is 0.685. The summed E-state index contributed by atoms with van der Waals surface area (Å²) < 4.78 is 1.60. The highest BCUT2D eigenvalue weighted by Crippen LogP contribution is 2.17. The summed E-state index contributed by atoms with van der Waals surface area (Å²) in [6.45, 7) is 7.01. The van der Waals surface area contributed by atoms with E-state index in [1.165, 1.54) is 6.07 Å². The van der Waals surface area contributed by atoms with Crippen LogP contribution in [0.1, 0.15) is 34.0 Å². The summed E-state index contributed by atoms with van der Waals surface area (Å²) in [5.41, 5.74) is 4.59. The van der Waals surface area contributed by atoms with E-state index >= 15 is 0 Å². The number of benzene rings is 2. The smallest absolute Gasteiger partial charge is 0.259 e. The third-order valence-corrected chi connectivity index (χ3v) is 4.70. The summed E-state index contributed by atoms with van der Waals surface area (Å²) in [4.78, 5) is 27.1. The molecule has 3 aromatic rings. The number of carbonyl (C=O) groups excluding carboxylic acids is 1. The van der Waals surface area contributed by atoms with Gasteiger partial charge in [-0.1, -0.05) is 42.0 Å². The molecule has 0 unspecified atom stereocenters. The topological polar surface area (TPSA) is 42.3 Å². The number of aryl methyl sites for hydroxylation is 2. The molecular weight excluding hydrogens is 336 g/mol. The fourth-order valence-corrected chi connectivity index (χ4v) is 3.14. The molecule has 27 heavy (non-hydrogen) atoms. The molecule has 0 aliphatic rings. The normalized spacial score (nSPS) is 10.6. The summed E-state index contributed by atoms with van der Waals surface area (Å²) in [6.07, 6.45) is 1.66. The van der Waals surface area contributed by atoms with Crippen LogP contribution in [-0.4, -0.2) is 17.0 Å². The van der Waals surface area contributed by atoms with Crippen molar-refractivity contribution >= 4 is 11.6 Å². The van der Waals surface area contributed by atoms with E-state index in [1.54, 1.807) is 21.7 Å². The Labute approximate surface area is 159 Å². The number of rotatable bonds is 5. The van der Waals surface area contributed by atoms with Crippen molar-refractivity contribution in [2.75, 3.05) is 11.4 Å². The lowest BCUT2D eigenvalue weighted by Gasteiger charge is -2.21. The number of hydrogen-bond donors (Lipinski definition) is 0. The van der Waals surface area contributed by atoms with Gasteiger partial charge in [-0.3, -0.25) is 9.59 Å². The molecule has 0 fully saturated rings. The van der Waals surface area contributed by atoms with Gasteiger partial charge < -0.3 is 9.47 Å². The van der Waals surface area contributed by atoms with Gasteiger partial charge in [0, 0.05) is 24.5 Å². The summed E-state index contributed by atoms with van der Waals surface area (Å²) >= 11 is 0. The summed E-state index contributed by atoms with van der Waals surface area (Å²) in [5, 5.41) is 0. The number of pyridine rings is 1. The Balaban J connectivity index is 1.94. The standard InChI is InChI=1S/C23H24N2O2/c1-4-25(21-8-6-5-7-9-21)23(27)19-12-13-22(26)24(15-19)16-20-14-17(2)10-11-18(20)3/h5-15H,4,16H2,1-3H3. The molecule has 4 heteroatoms. The molecule has 4 nitrogen and oxygen atoms in total. The van der Waals surface area contributed by atoms with E-state index in [1.807, 2.05) is 51.1 Å². The summed E-state index contributed by atoms with van der Waals surface area (Å²) in [7, 11) is 0. The highest BCUT2D eigenvalue weighted by atomic mass is 16.2. The monoisotopic (exact) mass is 360 g/mol. The third kappa shape index (κ3) is 4.17. The molecule has 0 atom stereocenters. The average molecular weight is 360 g/mol. The minimum Gasteiger partial charge on any atom is -0.310 e. The highest BCUT2D eigenvalue weighted by Gasteiger charge is 2.17. The van der Waals surface area contributed by atoms with E-state index < -0.39 is 0 Å². The zero-order valence-corrected chi connectivity index (χ0v) is 16.0. The molecule has 0 radical (unpaired) electrons. The predicted molar refractivity (Wildman–Crippen MR) is 110 cm³/mol. The maximum Gasteiger partial charge on any atom is 0.259 e. The van der Waals surface area contributed by atoms with Gasteiger partial charge in [0.25, 0.3) is 11.5 Å². The van der Waals surface area contributed by atoms with E-state index in [9.17, 15) is 9.59 Å².